The Morgan fingerprint density at radius 3 is 2.64 bits per heavy atom. The van der Waals surface area contributed by atoms with Gasteiger partial charge in [0.25, 0.3) is 0 Å². The number of phenols is 1. The van der Waals surface area contributed by atoms with Gasteiger partial charge in [0.1, 0.15) is 22.8 Å². The van der Waals surface area contributed by atoms with Crippen molar-refractivity contribution in [3.63, 3.8) is 0 Å². The van der Waals surface area contributed by atoms with Crippen LogP contribution in [0.4, 0.5) is 0 Å². The zero-order valence-electron chi connectivity index (χ0n) is 13.1. The number of aryl methyl sites for hydroxylation is 1. The second kappa shape index (κ2) is 7.29. The number of fused-ring (bicyclic) bond motifs is 1. The van der Waals surface area contributed by atoms with Gasteiger partial charge in [0.05, 0.1) is 13.2 Å². The molecule has 1 aliphatic rings. The molecule has 0 aliphatic carbocycles. The van der Waals surface area contributed by atoms with Crippen LogP contribution in [-0.4, -0.2) is 30.1 Å². The van der Waals surface area contributed by atoms with Crippen LogP contribution in [0.5, 0.6) is 11.5 Å². The van der Waals surface area contributed by atoms with Gasteiger partial charge in [-0.1, -0.05) is 0 Å². The van der Waals surface area contributed by atoms with Crippen molar-refractivity contribution in [2.24, 2.45) is 0 Å². The number of Topliss-reactive ketones (excluding diaryl/α,β-unsaturated/α-hetero) is 1. The molecule has 0 radical (unpaired) electrons. The molecular formula is C17H22O5. The fraction of sp³-hybridized carbons (Fsp3) is 0.529. The lowest BCUT2D eigenvalue weighted by molar-refractivity contribution is -0.119. The van der Waals surface area contributed by atoms with Crippen molar-refractivity contribution in [1.82, 2.24) is 0 Å². The topological polar surface area (TPSA) is 72.8 Å². The van der Waals surface area contributed by atoms with Gasteiger partial charge < -0.3 is 14.6 Å². The summed E-state index contributed by atoms with van der Waals surface area (Å²) in [5, 5.41) is 9.78. The molecule has 5 heteroatoms. The Morgan fingerprint density at radius 1 is 1.18 bits per heavy atom. The molecule has 5 nitrogen and oxygen atoms in total. The number of esters is 1. The Morgan fingerprint density at radius 2 is 1.91 bits per heavy atom. The molecule has 120 valence electrons. The van der Waals surface area contributed by atoms with Crippen molar-refractivity contribution in [2.75, 3.05) is 7.11 Å². The van der Waals surface area contributed by atoms with Gasteiger partial charge in [0.15, 0.2) is 0 Å². The maximum Gasteiger partial charge on any atom is 0.342 e. The summed E-state index contributed by atoms with van der Waals surface area (Å²) in [6, 6.07) is 2.95. The number of phenolic OH excluding ortho intramolecular Hbond substituents is 1. The van der Waals surface area contributed by atoms with E-state index >= 15 is 0 Å². The molecular weight excluding hydrogens is 284 g/mol. The summed E-state index contributed by atoms with van der Waals surface area (Å²) in [7, 11) is 1.45. The molecule has 0 spiro atoms. The zero-order chi connectivity index (χ0) is 16.1. The van der Waals surface area contributed by atoms with Crippen molar-refractivity contribution in [3.05, 3.63) is 23.3 Å². The Balaban J connectivity index is 2.38. The largest absolute Gasteiger partial charge is 0.508 e. The highest BCUT2D eigenvalue weighted by molar-refractivity contribution is 5.94. The van der Waals surface area contributed by atoms with Gasteiger partial charge >= 0.3 is 5.97 Å². The minimum atomic E-state index is -0.439. The molecule has 1 unspecified atom stereocenters. The van der Waals surface area contributed by atoms with Crippen molar-refractivity contribution < 1.29 is 24.2 Å². The summed E-state index contributed by atoms with van der Waals surface area (Å²) >= 11 is 0. The zero-order valence-corrected chi connectivity index (χ0v) is 13.1. The number of methoxy groups -OCH3 is 1. The van der Waals surface area contributed by atoms with Crippen LogP contribution in [0, 0.1) is 0 Å². The lowest BCUT2D eigenvalue weighted by Crippen LogP contribution is -2.18. The molecule has 0 bridgehead atoms. The summed E-state index contributed by atoms with van der Waals surface area (Å²) in [4.78, 5) is 24.2. The van der Waals surface area contributed by atoms with E-state index in [2.05, 4.69) is 0 Å². The summed E-state index contributed by atoms with van der Waals surface area (Å²) in [5.41, 5.74) is 1.00. The number of ether oxygens (including phenoxy) is 2. The molecule has 2 rings (SSSR count). The van der Waals surface area contributed by atoms with E-state index in [4.69, 9.17) is 9.47 Å². The quantitative estimate of drug-likeness (QED) is 0.807. The average Bonchev–Trinajstić information content (AvgIpc) is 2.45. The SMILES string of the molecule is COc1cc(O)cc2c1C(=O)OC(C)CCCC(=O)CCC2. The molecule has 1 N–H and O–H groups in total. The van der Waals surface area contributed by atoms with Crippen LogP contribution in [0.25, 0.3) is 0 Å². The van der Waals surface area contributed by atoms with E-state index in [-0.39, 0.29) is 17.6 Å². The van der Waals surface area contributed by atoms with E-state index in [1.54, 1.807) is 6.07 Å². The minimum Gasteiger partial charge on any atom is -0.508 e. The first-order chi connectivity index (χ1) is 10.5. The molecule has 0 saturated carbocycles. The van der Waals surface area contributed by atoms with Gasteiger partial charge in [-0.15, -0.1) is 0 Å². The highest BCUT2D eigenvalue weighted by Crippen LogP contribution is 2.31. The lowest BCUT2D eigenvalue weighted by Gasteiger charge is -2.18. The molecule has 1 aromatic carbocycles. The first kappa shape index (κ1) is 16.3. The molecule has 0 saturated heterocycles. The average molecular weight is 306 g/mol. The Bertz CT molecular complexity index is 564. The van der Waals surface area contributed by atoms with Crippen LogP contribution in [0.1, 0.15) is 54.9 Å². The van der Waals surface area contributed by atoms with Crippen LogP contribution >= 0.6 is 0 Å². The third kappa shape index (κ3) is 4.00. The van der Waals surface area contributed by atoms with Gasteiger partial charge in [-0.05, 0) is 44.2 Å². The number of ketones is 1. The summed E-state index contributed by atoms with van der Waals surface area (Å²) in [6.45, 7) is 1.82. The maximum atomic E-state index is 12.4. The van der Waals surface area contributed by atoms with Crippen molar-refractivity contribution >= 4 is 11.8 Å². The van der Waals surface area contributed by atoms with Gasteiger partial charge in [-0.3, -0.25) is 4.79 Å². The Kier molecular flexibility index (Phi) is 5.41. The number of carbonyl (C=O) groups excluding carboxylic acids is 2. The molecule has 0 fully saturated rings. The molecule has 1 atom stereocenters. The molecule has 1 aromatic rings. The van der Waals surface area contributed by atoms with Gasteiger partial charge in [0.2, 0.25) is 0 Å². The minimum absolute atomic E-state index is 0.0369. The fourth-order valence-corrected chi connectivity index (χ4v) is 2.74. The van der Waals surface area contributed by atoms with E-state index in [1.807, 2.05) is 6.92 Å². The third-order valence-corrected chi connectivity index (χ3v) is 3.87. The number of benzene rings is 1. The molecule has 0 amide bonds. The number of hydrogen-bond acceptors (Lipinski definition) is 5. The van der Waals surface area contributed by atoms with E-state index in [0.717, 1.165) is 6.42 Å². The predicted octanol–water partition coefficient (Wildman–Crippen LogP) is 3.02. The van der Waals surface area contributed by atoms with Crippen molar-refractivity contribution in [2.45, 2.75) is 51.6 Å². The second-order valence-electron chi connectivity index (χ2n) is 5.68. The van der Waals surface area contributed by atoms with Crippen LogP contribution in [-0.2, 0) is 16.0 Å². The van der Waals surface area contributed by atoms with Crippen LogP contribution in [0.3, 0.4) is 0 Å². The van der Waals surface area contributed by atoms with E-state index in [1.165, 1.54) is 13.2 Å². The molecule has 0 aromatic heterocycles. The van der Waals surface area contributed by atoms with E-state index < -0.39 is 5.97 Å². The normalized spacial score (nSPS) is 20.4. The highest BCUT2D eigenvalue weighted by atomic mass is 16.5. The summed E-state index contributed by atoms with van der Waals surface area (Å²) in [5.74, 6) is 0.129. The van der Waals surface area contributed by atoms with E-state index in [9.17, 15) is 14.7 Å². The number of cyclic esters (lactones) is 1. The number of rotatable bonds is 1. The van der Waals surface area contributed by atoms with Crippen LogP contribution in [0.2, 0.25) is 0 Å². The number of aromatic hydroxyl groups is 1. The molecule has 1 aliphatic heterocycles. The standard InChI is InChI=1S/C17H22O5/c1-11-5-3-7-13(18)8-4-6-12-9-14(19)10-15(21-2)16(12)17(20)22-11/h9-11,19H,3-8H2,1-2H3. The van der Waals surface area contributed by atoms with Crippen LogP contribution in [0.15, 0.2) is 12.1 Å². The number of hydrogen-bond donors (Lipinski definition) is 1. The van der Waals surface area contributed by atoms with Crippen LogP contribution < -0.4 is 4.74 Å². The number of carbonyl (C=O) groups is 2. The van der Waals surface area contributed by atoms with Crippen molar-refractivity contribution in [1.29, 1.82) is 0 Å². The lowest BCUT2D eigenvalue weighted by atomic mass is 9.97. The fourth-order valence-electron chi connectivity index (χ4n) is 2.74. The van der Waals surface area contributed by atoms with Crippen molar-refractivity contribution in [3.8, 4) is 11.5 Å². The van der Waals surface area contributed by atoms with E-state index in [0.29, 0.717) is 49.0 Å². The second-order valence-corrected chi connectivity index (χ2v) is 5.68. The maximum absolute atomic E-state index is 12.4. The van der Waals surface area contributed by atoms with Gasteiger partial charge in [0, 0.05) is 18.9 Å². The molecule has 1 heterocycles. The monoisotopic (exact) mass is 306 g/mol. The Labute approximate surface area is 130 Å². The smallest absolute Gasteiger partial charge is 0.342 e. The highest BCUT2D eigenvalue weighted by Gasteiger charge is 2.23. The van der Waals surface area contributed by atoms with Gasteiger partial charge in [-0.2, -0.15) is 0 Å². The summed E-state index contributed by atoms with van der Waals surface area (Å²) < 4.78 is 10.7. The molecule has 22 heavy (non-hydrogen) atoms. The Hall–Kier alpha value is -2.04. The van der Waals surface area contributed by atoms with Gasteiger partial charge in [-0.25, -0.2) is 4.79 Å². The summed E-state index contributed by atoms with van der Waals surface area (Å²) in [6.07, 6.45) is 3.31. The third-order valence-electron chi connectivity index (χ3n) is 3.87. The predicted molar refractivity (Wildman–Crippen MR) is 81.3 cm³/mol. The first-order valence-corrected chi connectivity index (χ1v) is 7.64. The first-order valence-electron chi connectivity index (χ1n) is 7.64.